The van der Waals surface area contributed by atoms with Gasteiger partial charge in [0.25, 0.3) is 5.91 Å². The quantitative estimate of drug-likeness (QED) is 0.201. The summed E-state index contributed by atoms with van der Waals surface area (Å²) in [6.07, 6.45) is 2.16. The molecule has 0 atom stereocenters. The van der Waals surface area contributed by atoms with Gasteiger partial charge in [0.15, 0.2) is 5.17 Å². The SMILES string of the molecule is N=C(CCCCc1nnc(NC(=O)Cc2ccccc2F)s1)SC(N)=NC(=O)Cc1ccccc1F. The Bertz CT molecular complexity index is 1260. The lowest BCUT2D eigenvalue weighted by Gasteiger charge is -2.03. The van der Waals surface area contributed by atoms with Crippen molar-refractivity contribution in [2.24, 2.45) is 10.7 Å². The molecular formula is C24H24F2N6O2S2. The van der Waals surface area contributed by atoms with Gasteiger partial charge >= 0.3 is 0 Å². The lowest BCUT2D eigenvalue weighted by Crippen LogP contribution is -2.15. The van der Waals surface area contributed by atoms with Gasteiger partial charge in [-0.2, -0.15) is 4.99 Å². The average Bonchev–Trinajstić information content (AvgIpc) is 3.26. The van der Waals surface area contributed by atoms with Gasteiger partial charge in [-0.15, -0.1) is 10.2 Å². The fourth-order valence-electron chi connectivity index (χ4n) is 3.11. The number of benzene rings is 2. The molecule has 1 heterocycles. The van der Waals surface area contributed by atoms with Gasteiger partial charge in [0, 0.05) is 6.42 Å². The lowest BCUT2D eigenvalue weighted by molar-refractivity contribution is -0.117. The Hall–Kier alpha value is -3.51. The maximum atomic E-state index is 13.7. The summed E-state index contributed by atoms with van der Waals surface area (Å²) >= 11 is 2.14. The molecule has 8 nitrogen and oxygen atoms in total. The van der Waals surface area contributed by atoms with Gasteiger partial charge in [-0.1, -0.05) is 47.7 Å². The van der Waals surface area contributed by atoms with Crippen LogP contribution in [0.25, 0.3) is 0 Å². The number of nitrogens with two attached hydrogens (primary N) is 1. The van der Waals surface area contributed by atoms with Crippen LogP contribution in [0.2, 0.25) is 0 Å². The first-order chi connectivity index (χ1) is 17.3. The zero-order chi connectivity index (χ0) is 25.9. The summed E-state index contributed by atoms with van der Waals surface area (Å²) in [5.74, 6) is -1.87. The van der Waals surface area contributed by atoms with E-state index in [2.05, 4.69) is 20.5 Å². The number of rotatable bonds is 10. The molecule has 2 aromatic carbocycles. The Kier molecular flexibility index (Phi) is 10.2. The number of aromatic nitrogens is 2. The standard InChI is InChI=1S/C24H24F2N6O2S2/c25-17-9-3-1-7-15(17)13-20(33)29-23(28)35-19(27)11-5-6-12-22-31-32-24(36-22)30-21(34)14-16-8-2-4-10-18(16)26/h1-4,7-10,27H,5-6,11-14H2,(H2,28,29,33)(H,30,32,34). The number of nitrogens with zero attached hydrogens (tertiary/aromatic N) is 3. The maximum Gasteiger partial charge on any atom is 0.252 e. The molecule has 188 valence electrons. The van der Waals surface area contributed by atoms with E-state index in [1.807, 2.05) is 0 Å². The second-order valence-electron chi connectivity index (χ2n) is 7.66. The summed E-state index contributed by atoms with van der Waals surface area (Å²) < 4.78 is 27.3. The molecule has 0 unspecified atom stereocenters. The van der Waals surface area contributed by atoms with E-state index >= 15 is 0 Å². The number of hydrogen-bond donors (Lipinski definition) is 3. The lowest BCUT2D eigenvalue weighted by atomic mass is 10.1. The van der Waals surface area contributed by atoms with Crippen LogP contribution in [0.1, 0.15) is 35.4 Å². The number of aryl methyl sites for hydroxylation is 1. The molecule has 0 aliphatic rings. The van der Waals surface area contributed by atoms with E-state index in [1.165, 1.54) is 35.6 Å². The smallest absolute Gasteiger partial charge is 0.252 e. The molecule has 0 spiro atoms. The number of amidine groups is 1. The third kappa shape index (κ3) is 8.93. The van der Waals surface area contributed by atoms with Crippen molar-refractivity contribution >= 4 is 50.3 Å². The van der Waals surface area contributed by atoms with Crippen LogP contribution in [-0.2, 0) is 28.9 Å². The maximum absolute atomic E-state index is 13.7. The van der Waals surface area contributed by atoms with E-state index in [-0.39, 0.29) is 34.5 Å². The highest BCUT2D eigenvalue weighted by molar-refractivity contribution is 8.26. The normalized spacial score (nSPS) is 11.3. The molecule has 0 aliphatic heterocycles. The fourth-order valence-corrected chi connectivity index (χ4v) is 4.56. The number of nitrogens with one attached hydrogen (secondary N) is 2. The Labute approximate surface area is 214 Å². The summed E-state index contributed by atoms with van der Waals surface area (Å²) in [4.78, 5) is 27.8. The molecule has 0 saturated heterocycles. The number of carbonyl (C=O) groups excluding carboxylic acids is 2. The number of thioether (sulfide) groups is 1. The van der Waals surface area contributed by atoms with E-state index in [9.17, 15) is 18.4 Å². The van der Waals surface area contributed by atoms with E-state index in [0.29, 0.717) is 30.0 Å². The molecule has 0 radical (unpaired) electrons. The minimum atomic E-state index is -0.578. The Balaban J connectivity index is 1.35. The molecule has 1 aromatic heterocycles. The highest BCUT2D eigenvalue weighted by Gasteiger charge is 2.12. The molecule has 0 aliphatic carbocycles. The number of anilines is 1. The molecule has 0 bridgehead atoms. The predicted octanol–water partition coefficient (Wildman–Crippen LogP) is 4.50. The molecule has 0 saturated carbocycles. The van der Waals surface area contributed by atoms with Gasteiger partial charge < -0.3 is 11.1 Å². The Morgan fingerprint density at radius 1 is 1.00 bits per heavy atom. The van der Waals surface area contributed by atoms with Crippen molar-refractivity contribution in [1.82, 2.24) is 10.2 Å². The van der Waals surface area contributed by atoms with Crippen molar-refractivity contribution in [1.29, 1.82) is 5.41 Å². The Morgan fingerprint density at radius 3 is 2.31 bits per heavy atom. The van der Waals surface area contributed by atoms with Crippen LogP contribution in [-0.4, -0.2) is 32.2 Å². The van der Waals surface area contributed by atoms with Crippen LogP contribution in [0.5, 0.6) is 0 Å². The Morgan fingerprint density at radius 2 is 1.64 bits per heavy atom. The largest absolute Gasteiger partial charge is 0.378 e. The minimum Gasteiger partial charge on any atom is -0.378 e. The summed E-state index contributed by atoms with van der Waals surface area (Å²) in [5, 5.41) is 19.9. The monoisotopic (exact) mass is 530 g/mol. The fraction of sp³-hybridized carbons (Fsp3) is 0.250. The number of aliphatic imine (C=N–C) groups is 1. The molecule has 2 amide bonds. The molecule has 12 heteroatoms. The van der Waals surface area contributed by atoms with Gasteiger partial charge in [-0.25, -0.2) is 8.78 Å². The van der Waals surface area contributed by atoms with Gasteiger partial charge in [0.1, 0.15) is 16.6 Å². The first-order valence-electron chi connectivity index (χ1n) is 11.0. The van der Waals surface area contributed by atoms with E-state index in [1.54, 1.807) is 24.3 Å². The van der Waals surface area contributed by atoms with E-state index in [4.69, 9.17) is 11.1 Å². The first kappa shape index (κ1) is 27.1. The molecule has 3 aromatic rings. The number of hydrogen-bond acceptors (Lipinski definition) is 7. The predicted molar refractivity (Wildman–Crippen MR) is 138 cm³/mol. The molecule has 36 heavy (non-hydrogen) atoms. The van der Waals surface area contributed by atoms with Crippen molar-refractivity contribution in [3.8, 4) is 0 Å². The molecule has 3 rings (SSSR count). The number of unbranched alkanes of at least 4 members (excludes halogenated alkanes) is 1. The van der Waals surface area contributed by atoms with E-state index in [0.717, 1.165) is 23.2 Å². The van der Waals surface area contributed by atoms with Crippen LogP contribution >= 0.6 is 23.1 Å². The van der Waals surface area contributed by atoms with Gasteiger partial charge in [0.05, 0.1) is 17.9 Å². The van der Waals surface area contributed by atoms with Crippen molar-refractivity contribution in [2.45, 2.75) is 38.5 Å². The topological polar surface area (TPSA) is 134 Å². The van der Waals surface area contributed by atoms with Crippen molar-refractivity contribution in [2.75, 3.05) is 5.32 Å². The zero-order valence-electron chi connectivity index (χ0n) is 19.2. The minimum absolute atomic E-state index is 0.0544. The van der Waals surface area contributed by atoms with Crippen molar-refractivity contribution in [3.63, 3.8) is 0 Å². The van der Waals surface area contributed by atoms with Crippen LogP contribution in [0.3, 0.4) is 0 Å². The summed E-state index contributed by atoms with van der Waals surface area (Å²) in [6.45, 7) is 0. The number of halogens is 2. The summed E-state index contributed by atoms with van der Waals surface area (Å²) in [7, 11) is 0. The van der Waals surface area contributed by atoms with Crippen LogP contribution in [0, 0.1) is 17.0 Å². The van der Waals surface area contributed by atoms with Crippen molar-refractivity contribution in [3.05, 3.63) is 76.3 Å². The number of amides is 2. The van der Waals surface area contributed by atoms with Gasteiger partial charge in [-0.05, 0) is 54.3 Å². The summed E-state index contributed by atoms with van der Waals surface area (Å²) in [6, 6.07) is 12.0. The third-order valence-electron chi connectivity index (χ3n) is 4.83. The second kappa shape index (κ2) is 13.5. The molecular weight excluding hydrogens is 506 g/mol. The van der Waals surface area contributed by atoms with E-state index < -0.39 is 17.5 Å². The highest BCUT2D eigenvalue weighted by atomic mass is 32.2. The first-order valence-corrected chi connectivity index (χ1v) is 12.6. The zero-order valence-corrected chi connectivity index (χ0v) is 20.8. The number of carbonyl (C=O) groups is 2. The third-order valence-corrected chi connectivity index (χ3v) is 6.48. The average molecular weight is 531 g/mol. The molecule has 4 N–H and O–H groups in total. The van der Waals surface area contributed by atoms with Crippen LogP contribution < -0.4 is 11.1 Å². The van der Waals surface area contributed by atoms with Crippen molar-refractivity contribution < 1.29 is 18.4 Å². The molecule has 0 fully saturated rings. The van der Waals surface area contributed by atoms with Gasteiger partial charge in [0.2, 0.25) is 11.0 Å². The second-order valence-corrected chi connectivity index (χ2v) is 9.84. The van der Waals surface area contributed by atoms with Crippen LogP contribution in [0.4, 0.5) is 13.9 Å². The van der Waals surface area contributed by atoms with Gasteiger partial charge in [-0.3, -0.25) is 15.0 Å². The highest BCUT2D eigenvalue weighted by Crippen LogP contribution is 2.19. The summed E-state index contributed by atoms with van der Waals surface area (Å²) in [5.41, 5.74) is 6.29. The van der Waals surface area contributed by atoms with Crippen LogP contribution in [0.15, 0.2) is 53.5 Å².